The normalized spacial score (nSPS) is 43.8. The van der Waals surface area contributed by atoms with E-state index in [2.05, 4.69) is 49.7 Å². The Morgan fingerprint density at radius 2 is 1.81 bits per heavy atom. The summed E-state index contributed by atoms with van der Waals surface area (Å²) in [5, 5.41) is 22.1. The number of Topliss-reactive ketones (excluding diaryl/α,β-unsaturated/α-hetero) is 2. The Morgan fingerprint density at radius 1 is 1.02 bits per heavy atom. The van der Waals surface area contributed by atoms with Gasteiger partial charge in [-0.2, -0.15) is 0 Å². The summed E-state index contributed by atoms with van der Waals surface area (Å²) in [7, 11) is 0. The van der Waals surface area contributed by atoms with Gasteiger partial charge in [-0.25, -0.2) is 0 Å². The smallest absolute Gasteiger partial charge is 0.302 e. The first kappa shape index (κ1) is 43.6. The number of rotatable bonds is 6. The zero-order valence-corrected chi connectivity index (χ0v) is 34.9. The van der Waals surface area contributed by atoms with Gasteiger partial charge < -0.3 is 44.7 Å². The molecule has 16 atom stereocenters. The van der Waals surface area contributed by atoms with Gasteiger partial charge in [-0.05, 0) is 63.4 Å². The van der Waals surface area contributed by atoms with Crippen LogP contribution in [0.2, 0.25) is 0 Å². The van der Waals surface area contributed by atoms with Gasteiger partial charge in [0, 0.05) is 55.4 Å². The summed E-state index contributed by atoms with van der Waals surface area (Å²) in [6, 6.07) is -1.28. The van der Waals surface area contributed by atoms with Crippen LogP contribution in [-0.2, 0) is 42.9 Å². The van der Waals surface area contributed by atoms with E-state index in [-0.39, 0.29) is 53.7 Å². The van der Waals surface area contributed by atoms with Crippen LogP contribution in [0.1, 0.15) is 99.8 Å². The molecule has 57 heavy (non-hydrogen) atoms. The van der Waals surface area contributed by atoms with Crippen molar-refractivity contribution >= 4 is 23.4 Å². The van der Waals surface area contributed by atoms with Gasteiger partial charge in [0.05, 0.1) is 49.1 Å². The molecular formula is C44H67N3O10. The highest BCUT2D eigenvalue weighted by molar-refractivity contribution is 5.99. The van der Waals surface area contributed by atoms with Crippen LogP contribution in [0.3, 0.4) is 0 Å². The Kier molecular flexibility index (Phi) is 14.9. The number of carbonyl (C=O) groups excluding carboxylic acids is 4. The second-order valence-corrected chi connectivity index (χ2v) is 17.9. The number of ketones is 2. The third kappa shape index (κ3) is 10.1. The fourth-order valence-electron chi connectivity index (χ4n) is 10.2. The summed E-state index contributed by atoms with van der Waals surface area (Å²) in [6.45, 7) is 14.7. The highest BCUT2D eigenvalue weighted by Crippen LogP contribution is 2.52. The summed E-state index contributed by atoms with van der Waals surface area (Å²) in [5.41, 5.74) is 0.435. The van der Waals surface area contributed by atoms with Crippen LogP contribution in [-0.4, -0.2) is 109 Å². The van der Waals surface area contributed by atoms with Gasteiger partial charge in [0.25, 0.3) is 6.29 Å². The summed E-state index contributed by atoms with van der Waals surface area (Å²) < 4.78 is 31.1. The first-order valence-corrected chi connectivity index (χ1v) is 21.6. The molecule has 3 saturated carbocycles. The van der Waals surface area contributed by atoms with Crippen molar-refractivity contribution in [2.45, 2.75) is 167 Å². The van der Waals surface area contributed by atoms with Crippen molar-refractivity contribution in [1.29, 1.82) is 0 Å². The highest BCUT2D eigenvalue weighted by Gasteiger charge is 2.67. The first-order valence-electron chi connectivity index (χ1n) is 21.6. The Bertz CT molecular complexity index is 1530. The largest absolute Gasteiger partial charge is 0.465 e. The zero-order valence-electron chi connectivity index (χ0n) is 34.9. The van der Waals surface area contributed by atoms with Crippen molar-refractivity contribution in [2.24, 2.45) is 35.5 Å². The number of amides is 1. The van der Waals surface area contributed by atoms with E-state index in [0.29, 0.717) is 37.5 Å². The lowest BCUT2D eigenvalue weighted by molar-refractivity contribution is -0.203. The molecule has 0 radical (unpaired) electrons. The number of hydrogen-bond donors (Lipinski definition) is 4. The minimum atomic E-state index is -1.21. The molecule has 3 aliphatic carbocycles. The molecular weight excluding hydrogens is 730 g/mol. The number of carbonyl (C=O) groups is 4. The molecule has 4 N–H and O–H groups in total. The van der Waals surface area contributed by atoms with E-state index in [1.807, 2.05) is 12.2 Å². The van der Waals surface area contributed by atoms with E-state index in [1.54, 1.807) is 19.9 Å². The van der Waals surface area contributed by atoms with Crippen LogP contribution in [0.25, 0.3) is 0 Å². The van der Waals surface area contributed by atoms with E-state index in [9.17, 15) is 24.3 Å². The maximum Gasteiger partial charge on any atom is 0.302 e. The summed E-state index contributed by atoms with van der Waals surface area (Å²) >= 11 is 0. The van der Waals surface area contributed by atoms with Crippen LogP contribution in [0.5, 0.6) is 0 Å². The van der Waals surface area contributed by atoms with Crippen LogP contribution in [0.4, 0.5) is 0 Å². The standard InChI is InChI=1S/C44H67N3O10/c1-23(2)45-19-21-53-29-17-18-30-32(22-29)56-42-36(46-30)33-34-38(49)27(6)41-35(33)40(51)44(57-41)54-20-9-8-16-31(55-28(7)48)25(4)14-10-12-24(3)13-11-15-26(5)43(52)47-37(42)39(34)50/h9,11,13,15,20,23-25,27,29-38,41-42,44-46,49H,8,10,12,14,16-19,21-22H2,1-7H3,(H,47,52)/b13-11+,20-9+,26-15-/t24-,25-,27?,29?,30?,31-,32?,33?,34?,35?,36?,37?,38?,41?,42?,44+/m1/s1. The number of hydrogen-bond acceptors (Lipinski definition) is 12. The molecule has 13 nitrogen and oxygen atoms in total. The lowest BCUT2D eigenvalue weighted by Gasteiger charge is -2.58. The third-order valence-electron chi connectivity index (χ3n) is 13.3. The summed E-state index contributed by atoms with van der Waals surface area (Å²) in [5.74, 6) is -3.81. The zero-order chi connectivity index (χ0) is 41.0. The number of aliphatic hydroxyl groups excluding tert-OH is 1. The molecule has 13 heteroatoms. The predicted octanol–water partition coefficient (Wildman–Crippen LogP) is 4.07. The quantitative estimate of drug-likeness (QED) is 0.225. The van der Waals surface area contributed by atoms with E-state index < -0.39 is 66.3 Å². The molecule has 1 amide bonds. The molecule has 0 aromatic rings. The highest BCUT2D eigenvalue weighted by atomic mass is 16.7. The van der Waals surface area contributed by atoms with Crippen molar-refractivity contribution in [3.05, 3.63) is 36.1 Å². The van der Waals surface area contributed by atoms with E-state index >= 15 is 0 Å². The molecule has 3 heterocycles. The summed E-state index contributed by atoms with van der Waals surface area (Å²) in [6.07, 6.45) is 10.8. The lowest BCUT2D eigenvalue weighted by Crippen LogP contribution is -2.77. The molecule has 5 fully saturated rings. The van der Waals surface area contributed by atoms with Crippen molar-refractivity contribution < 1.29 is 48.0 Å². The topological polar surface area (TPSA) is 171 Å². The van der Waals surface area contributed by atoms with Gasteiger partial charge in [-0.1, -0.05) is 59.3 Å². The number of ether oxygens (including phenoxy) is 5. The average Bonchev–Trinajstić information content (AvgIpc) is 3.49. The number of fused-ring (bicyclic) bond motifs is 2. The van der Waals surface area contributed by atoms with Crippen molar-refractivity contribution in [2.75, 3.05) is 13.2 Å². The SMILES string of the molecule is CC(=O)O[C@@H]1CC/C=C/O[C@H]2OC3C(C)C(O)C4C(=O)C(NC(=O)/C(C)=C\C=C\[C@H](C)CCC[C@H]1C)C1OC5CC(OCCNC(C)C)CCC5NC1C4C3C2=O. The maximum atomic E-state index is 14.8. The van der Waals surface area contributed by atoms with Crippen molar-refractivity contribution in [3.8, 4) is 0 Å². The number of aliphatic hydroxyl groups is 1. The van der Waals surface area contributed by atoms with E-state index in [4.69, 9.17) is 23.7 Å². The molecule has 0 aromatic carbocycles. The third-order valence-corrected chi connectivity index (χ3v) is 13.3. The van der Waals surface area contributed by atoms with Gasteiger partial charge in [0.1, 0.15) is 18.2 Å². The van der Waals surface area contributed by atoms with E-state index in [1.165, 1.54) is 13.2 Å². The minimum absolute atomic E-state index is 0.0135. The van der Waals surface area contributed by atoms with Gasteiger partial charge >= 0.3 is 5.97 Å². The Morgan fingerprint density at radius 3 is 2.56 bits per heavy atom. The fourth-order valence-corrected chi connectivity index (χ4v) is 10.2. The Balaban J connectivity index is 1.29. The van der Waals surface area contributed by atoms with Gasteiger partial charge in [-0.3, -0.25) is 19.2 Å². The van der Waals surface area contributed by atoms with Crippen LogP contribution >= 0.6 is 0 Å². The predicted molar refractivity (Wildman–Crippen MR) is 212 cm³/mol. The molecule has 4 bridgehead atoms. The van der Waals surface area contributed by atoms with Gasteiger partial charge in [0.2, 0.25) is 11.7 Å². The van der Waals surface area contributed by atoms with Crippen LogP contribution in [0, 0.1) is 35.5 Å². The molecule has 0 spiro atoms. The average molecular weight is 798 g/mol. The molecule has 0 aromatic heterocycles. The maximum absolute atomic E-state index is 14.8. The van der Waals surface area contributed by atoms with Gasteiger partial charge in [0.15, 0.2) is 5.78 Å². The Hall–Kier alpha value is -2.94. The molecule has 3 aliphatic heterocycles. The number of esters is 1. The van der Waals surface area contributed by atoms with Crippen molar-refractivity contribution in [3.63, 3.8) is 0 Å². The lowest BCUT2D eigenvalue weighted by atomic mass is 9.55. The summed E-state index contributed by atoms with van der Waals surface area (Å²) in [4.78, 5) is 54.9. The number of nitrogens with one attached hydrogen (secondary N) is 3. The Labute approximate surface area is 338 Å². The minimum Gasteiger partial charge on any atom is -0.465 e. The molecule has 2 saturated heterocycles. The molecule has 6 rings (SSSR count). The molecule has 12 unspecified atom stereocenters. The first-order chi connectivity index (χ1) is 27.2. The monoisotopic (exact) mass is 797 g/mol. The van der Waals surface area contributed by atoms with Crippen LogP contribution < -0.4 is 16.0 Å². The van der Waals surface area contributed by atoms with Crippen molar-refractivity contribution in [1.82, 2.24) is 16.0 Å². The molecule has 318 valence electrons. The second kappa shape index (κ2) is 19.4. The molecule has 6 aliphatic rings. The number of allylic oxidation sites excluding steroid dienone is 4. The van der Waals surface area contributed by atoms with Gasteiger partial charge in [-0.15, -0.1) is 0 Å². The second-order valence-electron chi connectivity index (χ2n) is 17.9. The van der Waals surface area contributed by atoms with Crippen LogP contribution in [0.15, 0.2) is 36.1 Å². The van der Waals surface area contributed by atoms with E-state index in [0.717, 1.165) is 38.6 Å². The fraction of sp³-hybridized carbons (Fsp3) is 0.773. The number of morpholine rings is 1.